The molecule has 0 bridgehead atoms. The third-order valence-corrected chi connectivity index (χ3v) is 2.95. The summed E-state index contributed by atoms with van der Waals surface area (Å²) in [5.74, 6) is 0.254. The molecule has 19 heavy (non-hydrogen) atoms. The van der Waals surface area contributed by atoms with Crippen molar-refractivity contribution in [3.8, 4) is 0 Å². The van der Waals surface area contributed by atoms with Crippen molar-refractivity contribution in [3.63, 3.8) is 0 Å². The van der Waals surface area contributed by atoms with E-state index in [1.165, 1.54) is 12.1 Å². The second kappa shape index (κ2) is 7.09. The molecule has 0 saturated heterocycles. The molecule has 0 aliphatic carbocycles. The molecule has 0 heterocycles. The number of halogens is 1. The van der Waals surface area contributed by atoms with Crippen molar-refractivity contribution >= 4 is 23.2 Å². The maximum atomic E-state index is 12.0. The zero-order chi connectivity index (χ0) is 14.4. The number of benzene rings is 1. The zero-order valence-electron chi connectivity index (χ0n) is 11.0. The van der Waals surface area contributed by atoms with Crippen LogP contribution in [0.15, 0.2) is 18.2 Å². The highest BCUT2D eigenvalue weighted by Gasteiger charge is 2.14. The first-order valence-corrected chi connectivity index (χ1v) is 6.60. The van der Waals surface area contributed by atoms with E-state index < -0.39 is 4.92 Å². The summed E-state index contributed by atoms with van der Waals surface area (Å²) in [5, 5.41) is 13.6. The molecule has 0 aliphatic heterocycles. The minimum atomic E-state index is -0.499. The summed E-state index contributed by atoms with van der Waals surface area (Å²) >= 11 is 5.59. The van der Waals surface area contributed by atoms with E-state index >= 15 is 0 Å². The summed E-state index contributed by atoms with van der Waals surface area (Å²) in [6.07, 6.45) is 1.60. The molecule has 5 nitrogen and oxygen atoms in total. The summed E-state index contributed by atoms with van der Waals surface area (Å²) in [4.78, 5) is 22.2. The lowest BCUT2D eigenvalue weighted by Crippen LogP contribution is -2.32. The van der Waals surface area contributed by atoms with Crippen LogP contribution in [0, 0.1) is 17.0 Å². The number of non-ortho nitro benzene ring substituents is 1. The number of rotatable bonds is 6. The van der Waals surface area contributed by atoms with Gasteiger partial charge in [-0.1, -0.05) is 0 Å². The maximum Gasteiger partial charge on any atom is 0.270 e. The van der Waals surface area contributed by atoms with Gasteiger partial charge in [0.2, 0.25) is 0 Å². The Morgan fingerprint density at radius 1 is 1.47 bits per heavy atom. The summed E-state index contributed by atoms with van der Waals surface area (Å²) in [6.45, 7) is 3.61. The highest BCUT2D eigenvalue weighted by molar-refractivity contribution is 6.17. The smallest absolute Gasteiger partial charge is 0.270 e. The van der Waals surface area contributed by atoms with Crippen LogP contribution in [0.25, 0.3) is 0 Å². The van der Waals surface area contributed by atoms with Gasteiger partial charge in [0.15, 0.2) is 0 Å². The lowest BCUT2D eigenvalue weighted by atomic mass is 10.1. The molecule has 1 aromatic carbocycles. The molecule has 1 N–H and O–H groups in total. The number of carbonyl (C=O) groups excluding carboxylic acids is 1. The molecule has 0 aromatic heterocycles. The van der Waals surface area contributed by atoms with E-state index in [0.29, 0.717) is 17.0 Å². The van der Waals surface area contributed by atoms with Crippen LogP contribution in [-0.4, -0.2) is 22.8 Å². The Balaban J connectivity index is 2.79. The van der Waals surface area contributed by atoms with Crippen molar-refractivity contribution in [1.82, 2.24) is 5.32 Å². The molecule has 0 fully saturated rings. The van der Waals surface area contributed by atoms with Gasteiger partial charge in [0.05, 0.1) is 4.92 Å². The number of nitrogens with one attached hydrogen (secondary N) is 1. The van der Waals surface area contributed by atoms with Crippen molar-refractivity contribution < 1.29 is 9.72 Å². The average molecular weight is 285 g/mol. The van der Waals surface area contributed by atoms with E-state index in [2.05, 4.69) is 5.32 Å². The molecule has 0 aliphatic rings. The van der Waals surface area contributed by atoms with Gasteiger partial charge < -0.3 is 5.32 Å². The predicted octanol–water partition coefficient (Wildman–Crippen LogP) is 3.04. The molecule has 1 amide bonds. The Kier molecular flexibility index (Phi) is 5.76. The van der Waals surface area contributed by atoms with Crippen molar-refractivity contribution in [2.75, 3.05) is 5.88 Å². The van der Waals surface area contributed by atoms with Crippen LogP contribution < -0.4 is 5.32 Å². The summed E-state index contributed by atoms with van der Waals surface area (Å²) in [7, 11) is 0. The Morgan fingerprint density at radius 3 is 2.74 bits per heavy atom. The normalized spacial score (nSPS) is 11.9. The standard InChI is InChI=1S/C13H17ClN2O3/c1-9-6-11(8-12(7-9)16(18)19)13(17)15-10(2)4-3-5-14/h6-8,10H,3-5H2,1-2H3,(H,15,17). The third-order valence-electron chi connectivity index (χ3n) is 2.68. The fourth-order valence-corrected chi connectivity index (χ4v) is 1.92. The van der Waals surface area contributed by atoms with Crippen LogP contribution in [0.5, 0.6) is 0 Å². The molecule has 6 heteroatoms. The maximum absolute atomic E-state index is 12.0. The fraction of sp³-hybridized carbons (Fsp3) is 0.462. The van der Waals surface area contributed by atoms with Crippen molar-refractivity contribution in [2.24, 2.45) is 0 Å². The van der Waals surface area contributed by atoms with Crippen LogP contribution in [0.3, 0.4) is 0 Å². The molecular weight excluding hydrogens is 268 g/mol. The second-order valence-electron chi connectivity index (χ2n) is 4.52. The molecule has 1 rings (SSSR count). The summed E-state index contributed by atoms with van der Waals surface area (Å²) < 4.78 is 0. The molecule has 1 atom stereocenters. The van der Waals surface area contributed by atoms with Gasteiger partial charge >= 0.3 is 0 Å². The van der Waals surface area contributed by atoms with E-state index in [9.17, 15) is 14.9 Å². The number of alkyl halides is 1. The highest BCUT2D eigenvalue weighted by atomic mass is 35.5. The second-order valence-corrected chi connectivity index (χ2v) is 4.90. The fourth-order valence-electron chi connectivity index (χ4n) is 1.76. The minimum absolute atomic E-state index is 0.00850. The number of nitrogens with zero attached hydrogens (tertiary/aromatic N) is 1. The topological polar surface area (TPSA) is 72.2 Å². The van der Waals surface area contributed by atoms with Crippen LogP contribution in [0.4, 0.5) is 5.69 Å². The van der Waals surface area contributed by atoms with Gasteiger partial charge in [-0.25, -0.2) is 0 Å². The largest absolute Gasteiger partial charge is 0.350 e. The van der Waals surface area contributed by atoms with E-state index in [-0.39, 0.29) is 17.6 Å². The Labute approximate surface area is 117 Å². The summed E-state index contributed by atoms with van der Waals surface area (Å²) in [5.41, 5.74) is 0.927. The number of aryl methyl sites for hydroxylation is 1. The van der Waals surface area contributed by atoms with Crippen molar-refractivity contribution in [2.45, 2.75) is 32.7 Å². The molecule has 1 aromatic rings. The van der Waals surface area contributed by atoms with E-state index in [1.807, 2.05) is 6.92 Å². The number of carbonyl (C=O) groups is 1. The van der Waals surface area contributed by atoms with Gasteiger partial charge in [-0.05, 0) is 38.3 Å². The molecular formula is C13H17ClN2O3. The van der Waals surface area contributed by atoms with Gasteiger partial charge in [0, 0.05) is 29.6 Å². The molecule has 0 saturated carbocycles. The number of hydrogen-bond donors (Lipinski definition) is 1. The van der Waals surface area contributed by atoms with Crippen LogP contribution >= 0.6 is 11.6 Å². The average Bonchev–Trinajstić information content (AvgIpc) is 2.35. The van der Waals surface area contributed by atoms with Crippen LogP contribution in [0.1, 0.15) is 35.7 Å². The van der Waals surface area contributed by atoms with E-state index in [0.717, 1.165) is 12.8 Å². The quantitative estimate of drug-likeness (QED) is 0.496. The van der Waals surface area contributed by atoms with Crippen molar-refractivity contribution in [3.05, 3.63) is 39.4 Å². The first-order chi connectivity index (χ1) is 8.93. The minimum Gasteiger partial charge on any atom is -0.350 e. The first-order valence-electron chi connectivity index (χ1n) is 6.07. The van der Waals surface area contributed by atoms with Crippen molar-refractivity contribution in [1.29, 1.82) is 0 Å². The lowest BCUT2D eigenvalue weighted by molar-refractivity contribution is -0.384. The molecule has 0 spiro atoms. The molecule has 0 radical (unpaired) electrons. The number of hydrogen-bond acceptors (Lipinski definition) is 3. The van der Waals surface area contributed by atoms with Gasteiger partial charge in [0.1, 0.15) is 0 Å². The third kappa shape index (κ3) is 4.87. The lowest BCUT2D eigenvalue weighted by Gasteiger charge is -2.13. The summed E-state index contributed by atoms with van der Waals surface area (Å²) in [6, 6.07) is 4.35. The van der Waals surface area contributed by atoms with E-state index in [4.69, 9.17) is 11.6 Å². The molecule has 1 unspecified atom stereocenters. The number of nitro benzene ring substituents is 1. The zero-order valence-corrected chi connectivity index (χ0v) is 11.7. The molecule has 104 valence electrons. The monoisotopic (exact) mass is 284 g/mol. The van der Waals surface area contributed by atoms with Crippen LogP contribution in [0.2, 0.25) is 0 Å². The Bertz CT molecular complexity index is 477. The van der Waals surface area contributed by atoms with Gasteiger partial charge in [-0.15, -0.1) is 11.6 Å². The van der Waals surface area contributed by atoms with E-state index in [1.54, 1.807) is 13.0 Å². The van der Waals surface area contributed by atoms with Gasteiger partial charge in [-0.3, -0.25) is 14.9 Å². The number of amides is 1. The SMILES string of the molecule is Cc1cc(C(=O)NC(C)CCCCl)cc([N+](=O)[O-])c1. The first kappa shape index (κ1) is 15.4. The highest BCUT2D eigenvalue weighted by Crippen LogP contribution is 2.17. The number of nitro groups is 1. The Morgan fingerprint density at radius 2 is 2.16 bits per heavy atom. The van der Waals surface area contributed by atoms with Gasteiger partial charge in [0.25, 0.3) is 11.6 Å². The Hall–Kier alpha value is -1.62. The predicted molar refractivity (Wildman–Crippen MR) is 74.7 cm³/mol. The van der Waals surface area contributed by atoms with Crippen LogP contribution in [-0.2, 0) is 0 Å². The van der Waals surface area contributed by atoms with Gasteiger partial charge in [-0.2, -0.15) is 0 Å².